The first-order chi connectivity index (χ1) is 12.3. The summed E-state index contributed by atoms with van der Waals surface area (Å²) in [4.78, 5) is 23.0. The summed E-state index contributed by atoms with van der Waals surface area (Å²) < 4.78 is 23.8. The van der Waals surface area contributed by atoms with E-state index in [1.54, 1.807) is 32.0 Å². The molecule has 0 heterocycles. The smallest absolute Gasteiger partial charge is 0.341 e. The maximum Gasteiger partial charge on any atom is 0.341 e. The number of halogens is 1. The largest absolute Gasteiger partial charge is 0.494 e. The molecular formula is C19H20FNO5. The summed E-state index contributed by atoms with van der Waals surface area (Å²) >= 11 is 0. The van der Waals surface area contributed by atoms with Gasteiger partial charge in [-0.3, -0.25) is 4.79 Å². The van der Waals surface area contributed by atoms with Crippen LogP contribution in [0.25, 0.3) is 0 Å². The van der Waals surface area contributed by atoms with Crippen LogP contribution in [0.15, 0.2) is 30.3 Å². The summed E-state index contributed by atoms with van der Waals surface area (Å²) in [6.45, 7) is 3.19. The second-order valence-corrected chi connectivity index (χ2v) is 5.77. The highest BCUT2D eigenvalue weighted by Crippen LogP contribution is 2.25. The fourth-order valence-corrected chi connectivity index (χ4v) is 2.55. The summed E-state index contributed by atoms with van der Waals surface area (Å²) in [6.07, 6.45) is 0. The molecule has 0 saturated carbocycles. The van der Waals surface area contributed by atoms with Gasteiger partial charge in [0.2, 0.25) is 0 Å². The van der Waals surface area contributed by atoms with Gasteiger partial charge in [0.05, 0.1) is 7.11 Å². The number of aryl methyl sites for hydroxylation is 2. The average Bonchev–Trinajstić information content (AvgIpc) is 2.58. The SMILES string of the molecule is COc1ccc(CNC(=O)c2cc(C)c(OCC(=O)O)c(C)c2)cc1F. The number of hydrogen-bond donors (Lipinski definition) is 2. The molecule has 7 heteroatoms. The minimum absolute atomic E-state index is 0.142. The molecule has 0 saturated heterocycles. The number of carbonyl (C=O) groups excluding carboxylic acids is 1. The van der Waals surface area contributed by atoms with Crippen molar-refractivity contribution in [3.63, 3.8) is 0 Å². The van der Waals surface area contributed by atoms with Gasteiger partial charge in [0.1, 0.15) is 5.75 Å². The second-order valence-electron chi connectivity index (χ2n) is 5.77. The van der Waals surface area contributed by atoms with Crippen molar-refractivity contribution in [3.05, 3.63) is 58.4 Å². The van der Waals surface area contributed by atoms with Gasteiger partial charge in [0.15, 0.2) is 18.2 Å². The minimum Gasteiger partial charge on any atom is -0.494 e. The molecule has 138 valence electrons. The van der Waals surface area contributed by atoms with E-state index in [0.717, 1.165) is 0 Å². The summed E-state index contributed by atoms with van der Waals surface area (Å²) in [6, 6.07) is 7.71. The summed E-state index contributed by atoms with van der Waals surface area (Å²) in [7, 11) is 1.38. The van der Waals surface area contributed by atoms with Gasteiger partial charge in [0, 0.05) is 12.1 Å². The van der Waals surface area contributed by atoms with Crippen molar-refractivity contribution in [1.82, 2.24) is 5.32 Å². The van der Waals surface area contributed by atoms with E-state index in [4.69, 9.17) is 14.6 Å². The van der Waals surface area contributed by atoms with Crippen LogP contribution in [0.5, 0.6) is 11.5 Å². The van der Waals surface area contributed by atoms with Gasteiger partial charge in [-0.25, -0.2) is 9.18 Å². The Hall–Kier alpha value is -3.09. The predicted molar refractivity (Wildman–Crippen MR) is 93.2 cm³/mol. The molecule has 0 fully saturated rings. The number of amides is 1. The molecule has 0 aliphatic heterocycles. The highest BCUT2D eigenvalue weighted by molar-refractivity contribution is 5.94. The van der Waals surface area contributed by atoms with E-state index in [1.807, 2.05) is 0 Å². The highest BCUT2D eigenvalue weighted by Gasteiger charge is 2.13. The third-order valence-electron chi connectivity index (χ3n) is 3.73. The van der Waals surface area contributed by atoms with Crippen molar-refractivity contribution in [1.29, 1.82) is 0 Å². The van der Waals surface area contributed by atoms with Gasteiger partial charge < -0.3 is 19.9 Å². The lowest BCUT2D eigenvalue weighted by atomic mass is 10.0. The van der Waals surface area contributed by atoms with Crippen LogP contribution in [-0.4, -0.2) is 30.7 Å². The van der Waals surface area contributed by atoms with Crippen molar-refractivity contribution >= 4 is 11.9 Å². The predicted octanol–water partition coefficient (Wildman–Crippen LogP) is 2.84. The van der Waals surface area contributed by atoms with E-state index in [9.17, 15) is 14.0 Å². The Labute approximate surface area is 150 Å². The standard InChI is InChI=1S/C19H20FNO5/c1-11-6-14(7-12(2)18(11)26-10-17(22)23)19(24)21-9-13-4-5-16(25-3)15(20)8-13/h4-8H,9-10H2,1-3H3,(H,21,24)(H,22,23). The molecule has 0 aliphatic carbocycles. The van der Waals surface area contributed by atoms with Crippen LogP contribution in [-0.2, 0) is 11.3 Å². The number of nitrogens with one attached hydrogen (secondary N) is 1. The number of benzene rings is 2. The Morgan fingerprint density at radius 3 is 2.35 bits per heavy atom. The molecule has 0 aromatic heterocycles. The number of carbonyl (C=O) groups is 2. The Bertz CT molecular complexity index is 812. The zero-order valence-corrected chi connectivity index (χ0v) is 14.8. The second kappa shape index (κ2) is 8.33. The van der Waals surface area contributed by atoms with Crippen LogP contribution < -0.4 is 14.8 Å². The van der Waals surface area contributed by atoms with Gasteiger partial charge >= 0.3 is 5.97 Å². The molecule has 26 heavy (non-hydrogen) atoms. The third-order valence-corrected chi connectivity index (χ3v) is 3.73. The summed E-state index contributed by atoms with van der Waals surface area (Å²) in [5.74, 6) is -1.30. The molecule has 0 aliphatic rings. The lowest BCUT2D eigenvalue weighted by Crippen LogP contribution is -2.23. The molecule has 2 rings (SSSR count). The van der Waals surface area contributed by atoms with Crippen LogP contribution in [0.1, 0.15) is 27.0 Å². The number of aliphatic carboxylic acids is 1. The number of rotatable bonds is 7. The molecule has 0 spiro atoms. The minimum atomic E-state index is -1.07. The summed E-state index contributed by atoms with van der Waals surface area (Å²) in [5.41, 5.74) is 2.34. The topological polar surface area (TPSA) is 84.9 Å². The van der Waals surface area contributed by atoms with Crippen LogP contribution in [0, 0.1) is 19.7 Å². The Morgan fingerprint density at radius 1 is 1.15 bits per heavy atom. The maximum atomic E-state index is 13.7. The van der Waals surface area contributed by atoms with Crippen LogP contribution in [0.3, 0.4) is 0 Å². The first kappa shape index (κ1) is 19.2. The molecule has 0 radical (unpaired) electrons. The van der Waals surface area contributed by atoms with Crippen molar-refractivity contribution in [2.45, 2.75) is 20.4 Å². The van der Waals surface area contributed by atoms with Gasteiger partial charge in [0.25, 0.3) is 5.91 Å². The number of carboxylic acids is 1. The molecule has 6 nitrogen and oxygen atoms in total. The number of hydrogen-bond acceptors (Lipinski definition) is 4. The van der Waals surface area contributed by atoms with E-state index in [1.165, 1.54) is 19.2 Å². The molecule has 0 bridgehead atoms. The van der Waals surface area contributed by atoms with E-state index in [0.29, 0.717) is 28.0 Å². The van der Waals surface area contributed by atoms with E-state index < -0.39 is 18.4 Å². The van der Waals surface area contributed by atoms with Crippen LogP contribution >= 0.6 is 0 Å². The molecule has 2 aromatic carbocycles. The molecule has 1 amide bonds. The van der Waals surface area contributed by atoms with Crippen molar-refractivity contribution in [2.24, 2.45) is 0 Å². The fraction of sp³-hybridized carbons (Fsp3) is 0.263. The number of carboxylic acid groups (broad SMARTS) is 1. The van der Waals surface area contributed by atoms with Gasteiger partial charge in [-0.1, -0.05) is 6.07 Å². The van der Waals surface area contributed by atoms with Crippen molar-refractivity contribution in [2.75, 3.05) is 13.7 Å². The first-order valence-electron chi connectivity index (χ1n) is 7.88. The van der Waals surface area contributed by atoms with E-state index >= 15 is 0 Å². The maximum absolute atomic E-state index is 13.7. The zero-order valence-electron chi connectivity index (χ0n) is 14.8. The molecule has 2 aromatic rings. The fourth-order valence-electron chi connectivity index (χ4n) is 2.55. The van der Waals surface area contributed by atoms with Crippen molar-refractivity contribution < 1.29 is 28.6 Å². The molecular weight excluding hydrogens is 341 g/mol. The lowest BCUT2D eigenvalue weighted by Gasteiger charge is -2.13. The monoisotopic (exact) mass is 361 g/mol. The lowest BCUT2D eigenvalue weighted by molar-refractivity contribution is -0.139. The quantitative estimate of drug-likeness (QED) is 0.792. The van der Waals surface area contributed by atoms with Gasteiger partial charge in [-0.15, -0.1) is 0 Å². The molecule has 2 N–H and O–H groups in total. The zero-order chi connectivity index (χ0) is 19.3. The number of methoxy groups -OCH3 is 1. The third kappa shape index (κ3) is 4.72. The van der Waals surface area contributed by atoms with Crippen LogP contribution in [0.4, 0.5) is 4.39 Å². The van der Waals surface area contributed by atoms with Gasteiger partial charge in [-0.05, 0) is 54.8 Å². The highest BCUT2D eigenvalue weighted by atomic mass is 19.1. The normalized spacial score (nSPS) is 10.3. The molecule has 0 unspecified atom stereocenters. The molecule has 0 atom stereocenters. The summed E-state index contributed by atoms with van der Waals surface area (Å²) in [5, 5.41) is 11.4. The van der Waals surface area contributed by atoms with Crippen LogP contribution in [0.2, 0.25) is 0 Å². The van der Waals surface area contributed by atoms with Crippen molar-refractivity contribution in [3.8, 4) is 11.5 Å². The average molecular weight is 361 g/mol. The Kier molecular flexibility index (Phi) is 6.16. The Morgan fingerprint density at radius 2 is 1.81 bits per heavy atom. The first-order valence-corrected chi connectivity index (χ1v) is 7.88. The van der Waals surface area contributed by atoms with E-state index in [2.05, 4.69) is 5.32 Å². The Balaban J connectivity index is 2.07. The van der Waals surface area contributed by atoms with E-state index in [-0.39, 0.29) is 18.2 Å². The number of ether oxygens (including phenoxy) is 2. The van der Waals surface area contributed by atoms with Gasteiger partial charge in [-0.2, -0.15) is 0 Å².